The van der Waals surface area contributed by atoms with Gasteiger partial charge in [-0.3, -0.25) is 0 Å². The smallest absolute Gasteiger partial charge is 0.427 e. The summed E-state index contributed by atoms with van der Waals surface area (Å²) < 4.78 is 0. The van der Waals surface area contributed by atoms with Gasteiger partial charge in [-0.25, -0.2) is 0 Å². The highest BCUT2D eigenvalue weighted by Gasteiger charge is 2.33. The first-order valence-electron chi connectivity index (χ1n) is 3.97. The largest absolute Gasteiger partial charge is 0.460 e. The fourth-order valence-electron chi connectivity index (χ4n) is 1.48. The lowest BCUT2D eigenvalue weighted by Crippen LogP contribution is -2.23. The van der Waals surface area contributed by atoms with Crippen LogP contribution in [-0.4, -0.2) is 22.9 Å². The molecule has 0 saturated carbocycles. The minimum Gasteiger partial charge on any atom is -0.427 e. The van der Waals surface area contributed by atoms with Crippen LogP contribution in [0.5, 0.6) is 0 Å². The van der Waals surface area contributed by atoms with Crippen molar-refractivity contribution in [3.63, 3.8) is 0 Å². The van der Waals surface area contributed by atoms with Gasteiger partial charge in [0, 0.05) is 16.5 Å². The van der Waals surface area contributed by atoms with E-state index in [1.165, 1.54) is 0 Å². The molecular weight excluding hydrogens is 206 g/mol. The zero-order valence-corrected chi connectivity index (χ0v) is 8.35. The Morgan fingerprint density at radius 1 is 1.46 bits per heavy atom. The van der Waals surface area contributed by atoms with E-state index in [2.05, 4.69) is 0 Å². The molecule has 1 aromatic rings. The Morgan fingerprint density at radius 2 is 2.23 bits per heavy atom. The molecule has 2 nitrogen and oxygen atoms in total. The van der Waals surface area contributed by atoms with E-state index in [9.17, 15) is 0 Å². The molecule has 1 aliphatic heterocycles. The molecule has 1 atom stereocenters. The maximum absolute atomic E-state index is 9.09. The molecule has 0 amide bonds. The second-order valence-electron chi connectivity index (χ2n) is 2.99. The molecule has 0 saturated heterocycles. The summed E-state index contributed by atoms with van der Waals surface area (Å²) in [5.41, 5.74) is 0.951. The molecule has 1 aromatic carbocycles. The van der Waals surface area contributed by atoms with E-state index in [0.29, 0.717) is 10.8 Å². The molecule has 0 radical (unpaired) electrons. The van der Waals surface area contributed by atoms with Gasteiger partial charge in [-0.05, 0) is 11.6 Å². The van der Waals surface area contributed by atoms with E-state index < -0.39 is 7.12 Å². The lowest BCUT2D eigenvalue weighted by Gasteiger charge is -2.08. The van der Waals surface area contributed by atoms with Crippen LogP contribution in [0.2, 0.25) is 5.02 Å². The molecule has 0 aliphatic carbocycles. The summed E-state index contributed by atoms with van der Waals surface area (Å²) in [4.78, 5) is 0.988. The average molecular weight is 214 g/mol. The van der Waals surface area contributed by atoms with E-state index in [0.717, 1.165) is 10.5 Å². The van der Waals surface area contributed by atoms with Gasteiger partial charge in [0.15, 0.2) is 0 Å². The van der Waals surface area contributed by atoms with Crippen LogP contribution in [0.15, 0.2) is 23.1 Å². The number of rotatable bonds is 1. The topological polar surface area (TPSA) is 40.5 Å². The predicted octanol–water partition coefficient (Wildman–Crippen LogP) is 1.54. The quantitative estimate of drug-likeness (QED) is 0.697. The minimum absolute atomic E-state index is 0.196. The van der Waals surface area contributed by atoms with Gasteiger partial charge in [-0.1, -0.05) is 23.7 Å². The van der Waals surface area contributed by atoms with E-state index in [1.54, 1.807) is 11.8 Å². The van der Waals surface area contributed by atoms with Crippen LogP contribution in [0.4, 0.5) is 0 Å². The van der Waals surface area contributed by atoms with Crippen LogP contribution in [0, 0.1) is 0 Å². The summed E-state index contributed by atoms with van der Waals surface area (Å²) >= 11 is 7.53. The van der Waals surface area contributed by atoms with E-state index in [1.807, 2.05) is 18.2 Å². The molecule has 68 valence electrons. The second kappa shape index (κ2) is 3.54. The zero-order chi connectivity index (χ0) is 9.42. The third-order valence-corrected chi connectivity index (χ3v) is 3.86. The summed E-state index contributed by atoms with van der Waals surface area (Å²) in [6.45, 7) is 0. The van der Waals surface area contributed by atoms with Crippen molar-refractivity contribution < 1.29 is 10.0 Å². The first-order chi connectivity index (χ1) is 6.20. The summed E-state index contributed by atoms with van der Waals surface area (Å²) in [6.07, 6.45) is 0. The van der Waals surface area contributed by atoms with Gasteiger partial charge in [0.25, 0.3) is 0 Å². The molecule has 2 rings (SSSR count). The molecular formula is C8H8BClO2S. The maximum Gasteiger partial charge on any atom is 0.460 e. The van der Waals surface area contributed by atoms with Crippen LogP contribution in [0.25, 0.3) is 0 Å². The Balaban J connectivity index is 2.43. The molecule has 0 fully saturated rings. The molecule has 1 unspecified atom stereocenters. The number of hydrogen-bond acceptors (Lipinski definition) is 3. The number of halogens is 1. The standard InChI is InChI=1S/C8H8BClO2S/c10-7-3-1-2-5-6(9(11)12)4-13-8(5)7/h1-3,6,11-12H,4H2. The molecule has 2 N–H and O–H groups in total. The van der Waals surface area contributed by atoms with Crippen molar-refractivity contribution in [3.05, 3.63) is 28.8 Å². The average Bonchev–Trinajstić information content (AvgIpc) is 2.48. The molecule has 0 aromatic heterocycles. The van der Waals surface area contributed by atoms with Crippen molar-refractivity contribution >= 4 is 30.5 Å². The molecule has 0 bridgehead atoms. The van der Waals surface area contributed by atoms with Crippen molar-refractivity contribution in [1.29, 1.82) is 0 Å². The van der Waals surface area contributed by atoms with Gasteiger partial charge in [0.1, 0.15) is 0 Å². The van der Waals surface area contributed by atoms with Gasteiger partial charge in [0.2, 0.25) is 0 Å². The number of thioether (sulfide) groups is 1. The Bertz CT molecular complexity index is 332. The first-order valence-corrected chi connectivity index (χ1v) is 5.34. The van der Waals surface area contributed by atoms with Crippen LogP contribution in [0.3, 0.4) is 0 Å². The highest BCUT2D eigenvalue weighted by Crippen LogP contribution is 2.43. The van der Waals surface area contributed by atoms with Crippen molar-refractivity contribution in [2.75, 3.05) is 5.75 Å². The van der Waals surface area contributed by atoms with Crippen molar-refractivity contribution in [2.24, 2.45) is 0 Å². The van der Waals surface area contributed by atoms with E-state index in [4.69, 9.17) is 21.6 Å². The van der Waals surface area contributed by atoms with Crippen LogP contribution < -0.4 is 0 Å². The maximum atomic E-state index is 9.09. The molecule has 0 spiro atoms. The fraction of sp³-hybridized carbons (Fsp3) is 0.250. The first kappa shape index (κ1) is 9.40. The highest BCUT2D eigenvalue weighted by atomic mass is 35.5. The Morgan fingerprint density at radius 3 is 2.92 bits per heavy atom. The SMILES string of the molecule is OB(O)C1CSc2c(Cl)cccc21. The summed E-state index contributed by atoms with van der Waals surface area (Å²) in [7, 11) is -1.28. The summed E-state index contributed by atoms with van der Waals surface area (Å²) in [6, 6.07) is 5.55. The van der Waals surface area contributed by atoms with Gasteiger partial charge in [0.05, 0.1) is 5.02 Å². The van der Waals surface area contributed by atoms with Gasteiger partial charge in [-0.15, -0.1) is 11.8 Å². The number of benzene rings is 1. The lowest BCUT2D eigenvalue weighted by molar-refractivity contribution is 0.393. The monoisotopic (exact) mass is 214 g/mol. The van der Waals surface area contributed by atoms with Crippen LogP contribution >= 0.6 is 23.4 Å². The van der Waals surface area contributed by atoms with Crippen LogP contribution in [-0.2, 0) is 0 Å². The number of hydrogen-bond donors (Lipinski definition) is 2. The van der Waals surface area contributed by atoms with E-state index in [-0.39, 0.29) is 5.82 Å². The number of fused-ring (bicyclic) bond motifs is 1. The Labute approximate surface area is 86.1 Å². The van der Waals surface area contributed by atoms with Crippen molar-refractivity contribution in [2.45, 2.75) is 10.7 Å². The Hall–Kier alpha value is -0.155. The van der Waals surface area contributed by atoms with Gasteiger partial charge in [-0.2, -0.15) is 0 Å². The van der Waals surface area contributed by atoms with Crippen molar-refractivity contribution in [1.82, 2.24) is 0 Å². The Kier molecular flexibility index (Phi) is 2.56. The van der Waals surface area contributed by atoms with Crippen molar-refractivity contribution in [3.8, 4) is 0 Å². The second-order valence-corrected chi connectivity index (χ2v) is 4.43. The highest BCUT2D eigenvalue weighted by molar-refractivity contribution is 7.99. The summed E-state index contributed by atoms with van der Waals surface area (Å²) in [5, 5.41) is 18.9. The zero-order valence-electron chi connectivity index (χ0n) is 6.77. The molecule has 13 heavy (non-hydrogen) atoms. The van der Waals surface area contributed by atoms with E-state index >= 15 is 0 Å². The third kappa shape index (κ3) is 1.59. The van der Waals surface area contributed by atoms with Crippen LogP contribution in [0.1, 0.15) is 11.4 Å². The van der Waals surface area contributed by atoms with Gasteiger partial charge >= 0.3 is 7.12 Å². The van der Waals surface area contributed by atoms with Gasteiger partial charge < -0.3 is 10.0 Å². The molecule has 5 heteroatoms. The lowest BCUT2D eigenvalue weighted by atomic mass is 9.70. The summed E-state index contributed by atoms with van der Waals surface area (Å²) in [5.74, 6) is 0.496. The minimum atomic E-state index is -1.28. The molecule has 1 aliphatic rings. The third-order valence-electron chi connectivity index (χ3n) is 2.16. The fourth-order valence-corrected chi connectivity index (χ4v) is 3.11. The predicted molar refractivity (Wildman–Crippen MR) is 55.1 cm³/mol. The normalized spacial score (nSPS) is 20.1. The molecule has 1 heterocycles.